The Morgan fingerprint density at radius 2 is 1.55 bits per heavy atom. The summed E-state index contributed by atoms with van der Waals surface area (Å²) in [4.78, 5) is 11.8. The van der Waals surface area contributed by atoms with Crippen LogP contribution in [0.15, 0.2) is 77.8 Å². The molecule has 0 heterocycles. The van der Waals surface area contributed by atoms with Gasteiger partial charge in [-0.1, -0.05) is 55.1 Å². The highest BCUT2D eigenvalue weighted by molar-refractivity contribution is 7.89. The summed E-state index contributed by atoms with van der Waals surface area (Å²) in [6, 6.07) is 16.8. The topological polar surface area (TPSA) is 72.5 Å². The van der Waals surface area contributed by atoms with Crippen LogP contribution in [0.25, 0.3) is 0 Å². The summed E-state index contributed by atoms with van der Waals surface area (Å²) in [5.41, 5.74) is 0.467. The van der Waals surface area contributed by atoms with Gasteiger partial charge < -0.3 is 4.74 Å². The average molecular weight is 317 g/mol. The number of hydrogen-bond donors (Lipinski definition) is 1. The summed E-state index contributed by atoms with van der Waals surface area (Å²) in [6.45, 7) is 3.46. The molecule has 0 aliphatic carbocycles. The molecule has 0 aliphatic heterocycles. The molecule has 0 amide bonds. The van der Waals surface area contributed by atoms with Crippen molar-refractivity contribution >= 4 is 16.0 Å². The van der Waals surface area contributed by atoms with Gasteiger partial charge in [0.1, 0.15) is 12.3 Å². The zero-order chi connectivity index (χ0) is 16.0. The fraction of sp³-hybridized carbons (Fsp3) is 0.0625. The molecule has 114 valence electrons. The van der Waals surface area contributed by atoms with Gasteiger partial charge in [-0.15, -0.1) is 0 Å². The first kappa shape index (κ1) is 15.8. The number of rotatable bonds is 6. The molecule has 0 unspecified atom stereocenters. The average Bonchev–Trinajstić information content (AvgIpc) is 2.54. The number of carbonyl (C=O) groups excluding carboxylic acids is 1. The molecule has 2 aromatic rings. The van der Waals surface area contributed by atoms with E-state index in [1.165, 1.54) is 12.1 Å². The quantitative estimate of drug-likeness (QED) is 0.655. The third-order valence-corrected chi connectivity index (χ3v) is 4.18. The van der Waals surface area contributed by atoms with E-state index in [1.54, 1.807) is 30.3 Å². The van der Waals surface area contributed by atoms with E-state index in [9.17, 15) is 13.2 Å². The summed E-state index contributed by atoms with van der Waals surface area (Å²) in [5, 5.41) is 0. The van der Waals surface area contributed by atoms with Crippen molar-refractivity contribution in [1.29, 1.82) is 0 Å². The van der Waals surface area contributed by atoms with Crippen LogP contribution in [0.3, 0.4) is 0 Å². The van der Waals surface area contributed by atoms with Gasteiger partial charge in [-0.3, -0.25) is 4.72 Å². The summed E-state index contributed by atoms with van der Waals surface area (Å²) in [5.74, 6) is -0.816. The maximum atomic E-state index is 12.0. The van der Waals surface area contributed by atoms with Crippen LogP contribution in [0, 0.1) is 0 Å². The molecular weight excluding hydrogens is 302 g/mol. The van der Waals surface area contributed by atoms with E-state index in [0.717, 1.165) is 5.56 Å². The minimum atomic E-state index is -3.84. The molecule has 0 atom stereocenters. The number of ether oxygens (including phenoxy) is 1. The third-order valence-electron chi connectivity index (χ3n) is 2.77. The number of nitrogens with one attached hydrogen (secondary N) is 1. The van der Waals surface area contributed by atoms with E-state index in [1.807, 2.05) is 18.2 Å². The fourth-order valence-corrected chi connectivity index (χ4v) is 2.71. The van der Waals surface area contributed by atoms with Crippen molar-refractivity contribution in [2.24, 2.45) is 0 Å². The molecular formula is C16H15NO4S. The van der Waals surface area contributed by atoms with Gasteiger partial charge in [0.25, 0.3) is 10.0 Å². The number of carbonyl (C=O) groups is 1. The summed E-state index contributed by atoms with van der Waals surface area (Å²) >= 11 is 0. The Morgan fingerprint density at radius 3 is 2.14 bits per heavy atom. The number of benzene rings is 2. The standard InChI is InChI=1S/C16H15NO4S/c1-13(16(18)21-12-14-8-4-2-5-9-14)17-22(19,20)15-10-6-3-7-11-15/h2-11,17H,1,12H2. The van der Waals surface area contributed by atoms with E-state index >= 15 is 0 Å². The van der Waals surface area contributed by atoms with Gasteiger partial charge >= 0.3 is 5.97 Å². The smallest absolute Gasteiger partial charge is 0.355 e. The molecule has 0 aliphatic rings. The normalized spacial score (nSPS) is 10.7. The van der Waals surface area contributed by atoms with Crippen LogP contribution in [-0.4, -0.2) is 14.4 Å². The van der Waals surface area contributed by atoms with E-state index < -0.39 is 16.0 Å². The van der Waals surface area contributed by atoms with Crippen molar-refractivity contribution in [3.63, 3.8) is 0 Å². The minimum absolute atomic E-state index is 0.0474. The van der Waals surface area contributed by atoms with Gasteiger partial charge in [0, 0.05) is 0 Å². The molecule has 2 rings (SSSR count). The van der Waals surface area contributed by atoms with Gasteiger partial charge in [-0.05, 0) is 17.7 Å². The molecule has 2 aromatic carbocycles. The second-order valence-electron chi connectivity index (χ2n) is 4.46. The van der Waals surface area contributed by atoms with Gasteiger partial charge in [0.15, 0.2) is 0 Å². The summed E-state index contributed by atoms with van der Waals surface area (Å²) in [7, 11) is -3.84. The van der Waals surface area contributed by atoms with Crippen LogP contribution in [0.5, 0.6) is 0 Å². The second kappa shape index (κ2) is 6.91. The molecule has 0 fully saturated rings. The molecule has 0 saturated heterocycles. The van der Waals surface area contributed by atoms with Gasteiger partial charge in [-0.25, -0.2) is 13.2 Å². The highest BCUT2D eigenvalue weighted by Crippen LogP contribution is 2.09. The Hall–Kier alpha value is -2.60. The van der Waals surface area contributed by atoms with Crippen LogP contribution in [0.2, 0.25) is 0 Å². The van der Waals surface area contributed by atoms with Gasteiger partial charge in [-0.2, -0.15) is 0 Å². The lowest BCUT2D eigenvalue weighted by Crippen LogP contribution is -2.28. The number of sulfonamides is 1. The number of esters is 1. The molecule has 0 aromatic heterocycles. The first-order chi connectivity index (χ1) is 10.5. The Bertz CT molecular complexity index is 755. The first-order valence-electron chi connectivity index (χ1n) is 6.47. The van der Waals surface area contributed by atoms with Crippen molar-refractivity contribution in [1.82, 2.24) is 4.72 Å². The SMILES string of the molecule is C=C(NS(=O)(=O)c1ccccc1)C(=O)OCc1ccccc1. The van der Waals surface area contributed by atoms with E-state index in [0.29, 0.717) is 0 Å². The lowest BCUT2D eigenvalue weighted by molar-refractivity contribution is -0.140. The fourth-order valence-electron chi connectivity index (χ4n) is 1.67. The predicted molar refractivity (Wildman–Crippen MR) is 82.1 cm³/mol. The van der Waals surface area contributed by atoms with E-state index in [4.69, 9.17) is 4.74 Å². The molecule has 22 heavy (non-hydrogen) atoms. The Morgan fingerprint density at radius 1 is 1.00 bits per heavy atom. The minimum Gasteiger partial charge on any atom is -0.456 e. The van der Waals surface area contributed by atoms with Gasteiger partial charge in [0.05, 0.1) is 4.90 Å². The van der Waals surface area contributed by atoms with Crippen LogP contribution in [0.1, 0.15) is 5.56 Å². The molecule has 0 radical (unpaired) electrons. The van der Waals surface area contributed by atoms with Crippen molar-refractivity contribution in [3.8, 4) is 0 Å². The highest BCUT2D eigenvalue weighted by Gasteiger charge is 2.18. The summed E-state index contributed by atoms with van der Waals surface area (Å²) in [6.07, 6.45) is 0. The van der Waals surface area contributed by atoms with Gasteiger partial charge in [0.2, 0.25) is 0 Å². The van der Waals surface area contributed by atoms with Crippen LogP contribution in [0.4, 0.5) is 0 Å². The zero-order valence-electron chi connectivity index (χ0n) is 11.7. The Labute approximate surface area is 129 Å². The van der Waals surface area contributed by atoms with E-state index in [-0.39, 0.29) is 17.2 Å². The Balaban J connectivity index is 1.96. The lowest BCUT2D eigenvalue weighted by Gasteiger charge is -2.10. The molecule has 0 spiro atoms. The maximum absolute atomic E-state index is 12.0. The van der Waals surface area contributed by atoms with Crippen molar-refractivity contribution in [3.05, 3.63) is 78.5 Å². The molecule has 5 nitrogen and oxygen atoms in total. The van der Waals surface area contributed by atoms with Crippen molar-refractivity contribution < 1.29 is 17.9 Å². The first-order valence-corrected chi connectivity index (χ1v) is 7.95. The largest absolute Gasteiger partial charge is 0.456 e. The molecule has 1 N–H and O–H groups in total. The third kappa shape index (κ3) is 4.20. The van der Waals surface area contributed by atoms with Crippen molar-refractivity contribution in [2.45, 2.75) is 11.5 Å². The van der Waals surface area contributed by atoms with Crippen LogP contribution >= 0.6 is 0 Å². The Kier molecular flexibility index (Phi) is 4.95. The lowest BCUT2D eigenvalue weighted by atomic mass is 10.2. The molecule has 0 saturated carbocycles. The summed E-state index contributed by atoms with van der Waals surface area (Å²) < 4.78 is 31.2. The van der Waals surface area contributed by atoms with Crippen molar-refractivity contribution in [2.75, 3.05) is 0 Å². The van der Waals surface area contributed by atoms with E-state index in [2.05, 4.69) is 11.3 Å². The second-order valence-corrected chi connectivity index (χ2v) is 6.14. The molecule has 6 heteroatoms. The zero-order valence-corrected chi connectivity index (χ0v) is 12.5. The van der Waals surface area contributed by atoms with Crippen LogP contribution in [-0.2, 0) is 26.2 Å². The maximum Gasteiger partial charge on any atom is 0.355 e. The predicted octanol–water partition coefficient (Wildman–Crippen LogP) is 2.22. The monoisotopic (exact) mass is 317 g/mol. The van der Waals surface area contributed by atoms with Crippen LogP contribution < -0.4 is 4.72 Å². The molecule has 0 bridgehead atoms. The number of hydrogen-bond acceptors (Lipinski definition) is 4. The highest BCUT2D eigenvalue weighted by atomic mass is 32.2.